The lowest BCUT2D eigenvalue weighted by Crippen LogP contribution is -2.12. The summed E-state index contributed by atoms with van der Waals surface area (Å²) in [7, 11) is 0. The fourth-order valence-electron chi connectivity index (χ4n) is 8.48. The number of anilines is 3. The number of hydrogen-bond acceptors (Lipinski definition) is 2. The van der Waals surface area contributed by atoms with E-state index in [0.29, 0.717) is 0 Å². The van der Waals surface area contributed by atoms with E-state index in [1.807, 2.05) is 0 Å². The monoisotopic (exact) mass is 713 g/mol. The predicted octanol–water partition coefficient (Wildman–Crippen LogP) is 15.5. The Labute approximate surface area is 325 Å². The van der Waals surface area contributed by atoms with Crippen molar-refractivity contribution >= 4 is 71.3 Å². The Morgan fingerprint density at radius 3 is 1.62 bits per heavy atom. The molecule has 0 saturated heterocycles. The van der Waals surface area contributed by atoms with Gasteiger partial charge < -0.3 is 9.32 Å². The molecule has 0 radical (unpaired) electrons. The Morgan fingerprint density at radius 1 is 0.286 bits per heavy atom. The molecule has 0 amide bonds. The van der Waals surface area contributed by atoms with Crippen LogP contribution >= 0.6 is 0 Å². The van der Waals surface area contributed by atoms with E-state index in [-0.39, 0.29) is 0 Å². The number of furan rings is 1. The molecule has 2 heteroatoms. The first-order chi connectivity index (χ1) is 27.7. The molecule has 0 aliphatic carbocycles. The van der Waals surface area contributed by atoms with Crippen LogP contribution in [0.25, 0.3) is 87.6 Å². The number of rotatable bonds is 6. The average molecular weight is 714 g/mol. The maximum atomic E-state index is 6.43. The van der Waals surface area contributed by atoms with Crippen LogP contribution in [-0.4, -0.2) is 0 Å². The number of para-hydroxylation sites is 2. The summed E-state index contributed by atoms with van der Waals surface area (Å²) in [5.74, 6) is 0. The van der Waals surface area contributed by atoms with Gasteiger partial charge in [-0.2, -0.15) is 0 Å². The summed E-state index contributed by atoms with van der Waals surface area (Å²) >= 11 is 0. The van der Waals surface area contributed by atoms with Gasteiger partial charge in [0.2, 0.25) is 0 Å². The van der Waals surface area contributed by atoms with Gasteiger partial charge in [-0.25, -0.2) is 0 Å². The van der Waals surface area contributed by atoms with Crippen LogP contribution in [0.2, 0.25) is 0 Å². The van der Waals surface area contributed by atoms with E-state index in [4.69, 9.17) is 4.42 Å². The Morgan fingerprint density at radius 2 is 0.839 bits per heavy atom. The third-order valence-corrected chi connectivity index (χ3v) is 11.2. The summed E-state index contributed by atoms with van der Waals surface area (Å²) in [6.07, 6.45) is 0. The number of fused-ring (bicyclic) bond motifs is 7. The first-order valence-corrected chi connectivity index (χ1v) is 19.2. The summed E-state index contributed by atoms with van der Waals surface area (Å²) in [5, 5.41) is 9.57. The van der Waals surface area contributed by atoms with E-state index in [0.717, 1.165) is 61.3 Å². The highest BCUT2D eigenvalue weighted by atomic mass is 16.3. The van der Waals surface area contributed by atoms with Crippen molar-refractivity contribution in [1.29, 1.82) is 0 Å². The SMILES string of the molecule is c1ccc(-c2ccc(-c3ccccc3N(c3ccc4c(ccc5ccccc54)c3)c3ccccc3-c3ccc4oc5cc6ccccc6cc5c4c3)cc2)cc1. The zero-order valence-corrected chi connectivity index (χ0v) is 30.6. The zero-order valence-electron chi connectivity index (χ0n) is 30.6. The van der Waals surface area contributed by atoms with E-state index in [1.54, 1.807) is 0 Å². The van der Waals surface area contributed by atoms with Gasteiger partial charge in [-0.1, -0.05) is 164 Å². The largest absolute Gasteiger partial charge is 0.456 e. The second kappa shape index (κ2) is 13.2. The molecule has 11 aromatic rings. The molecule has 56 heavy (non-hydrogen) atoms. The van der Waals surface area contributed by atoms with Crippen molar-refractivity contribution in [3.8, 4) is 33.4 Å². The summed E-state index contributed by atoms with van der Waals surface area (Å²) in [4.78, 5) is 2.44. The van der Waals surface area contributed by atoms with Crippen molar-refractivity contribution < 1.29 is 4.42 Å². The smallest absolute Gasteiger partial charge is 0.136 e. The van der Waals surface area contributed by atoms with Crippen LogP contribution in [0.1, 0.15) is 0 Å². The lowest BCUT2D eigenvalue weighted by Gasteiger charge is -2.30. The molecule has 10 aromatic carbocycles. The van der Waals surface area contributed by atoms with Crippen LogP contribution in [0.4, 0.5) is 17.1 Å². The molecule has 0 saturated carbocycles. The highest BCUT2D eigenvalue weighted by molar-refractivity contribution is 6.12. The first kappa shape index (κ1) is 32.0. The predicted molar refractivity (Wildman–Crippen MR) is 237 cm³/mol. The summed E-state index contributed by atoms with van der Waals surface area (Å²) in [6, 6.07) is 76.6. The Kier molecular flexibility index (Phi) is 7.53. The fourth-order valence-corrected chi connectivity index (χ4v) is 8.48. The van der Waals surface area contributed by atoms with Gasteiger partial charge in [-0.15, -0.1) is 0 Å². The highest BCUT2D eigenvalue weighted by Gasteiger charge is 2.22. The van der Waals surface area contributed by atoms with Crippen molar-refractivity contribution in [3.05, 3.63) is 212 Å². The lowest BCUT2D eigenvalue weighted by molar-refractivity contribution is 0.669. The van der Waals surface area contributed by atoms with Crippen molar-refractivity contribution in [2.45, 2.75) is 0 Å². The second-order valence-corrected chi connectivity index (χ2v) is 14.5. The normalized spacial score (nSPS) is 11.6. The topological polar surface area (TPSA) is 16.4 Å². The van der Waals surface area contributed by atoms with Gasteiger partial charge >= 0.3 is 0 Å². The maximum Gasteiger partial charge on any atom is 0.136 e. The fraction of sp³-hybridized carbons (Fsp3) is 0. The third-order valence-electron chi connectivity index (χ3n) is 11.2. The van der Waals surface area contributed by atoms with Crippen LogP contribution in [0.5, 0.6) is 0 Å². The minimum Gasteiger partial charge on any atom is -0.456 e. The standard InChI is InChI=1S/C54H35NO/c1-2-12-36(13-3-1)37-22-24-39(25-23-37)47-18-8-10-20-51(47)55(44-29-30-46-42(32-44)27-26-38-14-6-7-17-45(38)46)52-21-11-9-19-48(52)43-28-31-53-49(34-43)50-33-40-15-4-5-16-41(40)35-54(50)56-53/h1-35H. The quantitative estimate of drug-likeness (QED) is 0.160. The van der Waals surface area contributed by atoms with Crippen molar-refractivity contribution in [3.63, 3.8) is 0 Å². The van der Waals surface area contributed by atoms with Crippen LogP contribution in [0, 0.1) is 0 Å². The van der Waals surface area contributed by atoms with Crippen molar-refractivity contribution in [1.82, 2.24) is 0 Å². The van der Waals surface area contributed by atoms with E-state index >= 15 is 0 Å². The van der Waals surface area contributed by atoms with Crippen LogP contribution in [-0.2, 0) is 0 Å². The highest BCUT2D eigenvalue weighted by Crippen LogP contribution is 2.46. The van der Waals surface area contributed by atoms with Crippen molar-refractivity contribution in [2.24, 2.45) is 0 Å². The van der Waals surface area contributed by atoms with E-state index in [2.05, 4.69) is 217 Å². The summed E-state index contributed by atoms with van der Waals surface area (Å²) in [6.45, 7) is 0. The van der Waals surface area contributed by atoms with Crippen LogP contribution in [0.3, 0.4) is 0 Å². The van der Waals surface area contributed by atoms with E-state index < -0.39 is 0 Å². The maximum absolute atomic E-state index is 6.43. The van der Waals surface area contributed by atoms with E-state index in [9.17, 15) is 0 Å². The molecule has 0 N–H and O–H groups in total. The first-order valence-electron chi connectivity index (χ1n) is 19.2. The molecule has 0 spiro atoms. The molecule has 11 rings (SSSR count). The summed E-state index contributed by atoms with van der Waals surface area (Å²) < 4.78 is 6.43. The zero-order chi connectivity index (χ0) is 37.0. The molecule has 0 unspecified atom stereocenters. The van der Waals surface area contributed by atoms with Gasteiger partial charge in [-0.3, -0.25) is 0 Å². The Hall–Kier alpha value is -7.42. The van der Waals surface area contributed by atoms with Gasteiger partial charge in [0.05, 0.1) is 11.4 Å². The minimum absolute atomic E-state index is 0.888. The molecular formula is C54H35NO. The molecule has 0 fully saturated rings. The minimum atomic E-state index is 0.888. The second-order valence-electron chi connectivity index (χ2n) is 14.5. The average Bonchev–Trinajstić information content (AvgIpc) is 3.63. The molecule has 0 aliphatic rings. The van der Waals surface area contributed by atoms with Crippen LogP contribution < -0.4 is 4.90 Å². The Bertz CT molecular complexity index is 3250. The number of nitrogens with zero attached hydrogens (tertiary/aromatic N) is 1. The molecule has 1 heterocycles. The number of benzene rings is 10. The molecule has 0 aliphatic heterocycles. The van der Waals surface area contributed by atoms with Crippen molar-refractivity contribution in [2.75, 3.05) is 4.90 Å². The molecule has 262 valence electrons. The molecule has 2 nitrogen and oxygen atoms in total. The lowest BCUT2D eigenvalue weighted by atomic mass is 9.96. The van der Waals surface area contributed by atoms with E-state index in [1.165, 1.54) is 43.4 Å². The third kappa shape index (κ3) is 5.42. The Balaban J connectivity index is 1.11. The number of hydrogen-bond donors (Lipinski definition) is 0. The van der Waals surface area contributed by atoms with Gasteiger partial charge in [0.25, 0.3) is 0 Å². The van der Waals surface area contributed by atoms with Gasteiger partial charge in [0, 0.05) is 27.6 Å². The molecule has 0 atom stereocenters. The van der Waals surface area contributed by atoms with Gasteiger partial charge in [0.15, 0.2) is 0 Å². The van der Waals surface area contributed by atoms with Gasteiger partial charge in [0.1, 0.15) is 11.2 Å². The molecular weight excluding hydrogens is 679 g/mol. The van der Waals surface area contributed by atoms with Crippen LogP contribution in [0.15, 0.2) is 217 Å². The molecule has 1 aromatic heterocycles. The van der Waals surface area contributed by atoms with Gasteiger partial charge in [-0.05, 0) is 103 Å². The molecule has 0 bridgehead atoms. The summed E-state index contributed by atoms with van der Waals surface area (Å²) in [5.41, 5.74) is 12.1.